The fourth-order valence-electron chi connectivity index (χ4n) is 6.35. The molecule has 1 amide bonds. The summed E-state index contributed by atoms with van der Waals surface area (Å²) in [4.78, 5) is 36.6. The third-order valence-electron chi connectivity index (χ3n) is 8.87. The highest BCUT2D eigenvalue weighted by molar-refractivity contribution is 7.92. The van der Waals surface area contributed by atoms with Crippen LogP contribution in [0.1, 0.15) is 67.8 Å². The summed E-state index contributed by atoms with van der Waals surface area (Å²) in [6.07, 6.45) is 5.08. The number of nitrogens with zero attached hydrogens (tertiary/aromatic N) is 6. The quantitative estimate of drug-likeness (QED) is 0.250. The lowest BCUT2D eigenvalue weighted by molar-refractivity contribution is 0.0557. The lowest BCUT2D eigenvalue weighted by atomic mass is 9.84. The van der Waals surface area contributed by atoms with Crippen molar-refractivity contribution in [1.29, 1.82) is 0 Å². The average Bonchev–Trinajstić information content (AvgIpc) is 3.02. The van der Waals surface area contributed by atoms with E-state index in [9.17, 15) is 13.2 Å². The Morgan fingerprint density at radius 2 is 1.69 bits per heavy atom. The van der Waals surface area contributed by atoms with E-state index in [2.05, 4.69) is 57.3 Å². The molecule has 0 spiro atoms. The monoisotopic (exact) mass is 669 g/mol. The van der Waals surface area contributed by atoms with Gasteiger partial charge in [-0.3, -0.25) is 4.79 Å². The Hall–Kier alpha value is -4.58. The second kappa shape index (κ2) is 13.1. The molecule has 6 rings (SSSR count). The highest BCUT2D eigenvalue weighted by Crippen LogP contribution is 2.33. The van der Waals surface area contributed by atoms with Gasteiger partial charge < -0.3 is 14.5 Å². The fraction of sp³-hybridized carbons (Fsp3) is 0.417. The summed E-state index contributed by atoms with van der Waals surface area (Å²) in [7, 11) is -4.16. The number of nitrogens with one attached hydrogen (secondary N) is 1. The van der Waals surface area contributed by atoms with Crippen LogP contribution in [0.5, 0.6) is 5.88 Å². The Morgan fingerprint density at radius 3 is 2.35 bits per heavy atom. The van der Waals surface area contributed by atoms with Crippen LogP contribution in [-0.4, -0.2) is 64.9 Å². The molecule has 11 nitrogen and oxygen atoms in total. The first-order valence-electron chi connectivity index (χ1n) is 16.4. The first kappa shape index (κ1) is 33.3. The molecule has 0 unspecified atom stereocenters. The van der Waals surface area contributed by atoms with Gasteiger partial charge in [-0.15, -0.1) is 0 Å². The molecule has 48 heavy (non-hydrogen) atoms. The van der Waals surface area contributed by atoms with Gasteiger partial charge in [0.15, 0.2) is 0 Å². The van der Waals surface area contributed by atoms with Gasteiger partial charge in [0.25, 0.3) is 15.9 Å². The van der Waals surface area contributed by atoms with E-state index in [4.69, 9.17) is 4.74 Å². The summed E-state index contributed by atoms with van der Waals surface area (Å²) >= 11 is 0. The van der Waals surface area contributed by atoms with E-state index >= 15 is 0 Å². The van der Waals surface area contributed by atoms with E-state index in [0.29, 0.717) is 23.9 Å². The van der Waals surface area contributed by atoms with E-state index in [1.807, 2.05) is 32.0 Å². The first-order valence-corrected chi connectivity index (χ1v) is 17.8. The van der Waals surface area contributed by atoms with Crippen LogP contribution in [0.4, 0.5) is 11.6 Å². The molecular formula is C36H43N7O4S. The predicted octanol–water partition coefficient (Wildman–Crippen LogP) is 6.04. The van der Waals surface area contributed by atoms with Crippen LogP contribution in [0.25, 0.3) is 11.3 Å². The standard InChI is InChI=1S/C36H43N7O4S/c1-23(2)13-14-27-20-47-32-16-30(33-24(3)9-7-10-25(33)4)39-35(40-32)41-48(45,46)29-12-8-11-26(15-29)34(44)43(27)19-31-37-17-28(18-38-31)42-21-36(5,6)22-42/h7-12,15-18,23,27H,13-14,19-22H2,1-6H3,(H,39,40,41)/t27-/m1/s1. The highest BCUT2D eigenvalue weighted by Gasteiger charge is 2.35. The van der Waals surface area contributed by atoms with Gasteiger partial charge in [0, 0.05) is 30.3 Å². The van der Waals surface area contributed by atoms with Gasteiger partial charge >= 0.3 is 0 Å². The summed E-state index contributed by atoms with van der Waals surface area (Å²) in [6.45, 7) is 14.8. The Kier molecular flexibility index (Phi) is 9.12. The zero-order valence-electron chi connectivity index (χ0n) is 28.4. The highest BCUT2D eigenvalue weighted by atomic mass is 32.2. The molecule has 2 aliphatic rings. The SMILES string of the molecule is Cc1cccc(C)c1-c1cc2nc(n1)NS(=O)(=O)c1cccc(c1)C(=O)N(Cc1ncc(N3CC(C)(C)C3)cn1)[C@H](CCC(C)C)CO2. The molecule has 0 saturated carbocycles. The average molecular weight is 670 g/mol. The molecule has 1 atom stereocenters. The van der Waals surface area contributed by atoms with Crippen LogP contribution in [0.2, 0.25) is 0 Å². The molecular weight excluding hydrogens is 627 g/mol. The molecule has 4 aromatic rings. The normalized spacial score (nSPS) is 18.6. The zero-order chi connectivity index (χ0) is 34.2. The largest absolute Gasteiger partial charge is 0.475 e. The molecule has 2 aromatic carbocycles. The number of ether oxygens (including phenoxy) is 1. The molecule has 0 aliphatic carbocycles. The summed E-state index contributed by atoms with van der Waals surface area (Å²) in [5.74, 6) is 0.608. The van der Waals surface area contributed by atoms with Crippen molar-refractivity contribution in [3.63, 3.8) is 0 Å². The number of amides is 1. The number of rotatable bonds is 7. The van der Waals surface area contributed by atoms with Crippen molar-refractivity contribution in [1.82, 2.24) is 24.8 Å². The van der Waals surface area contributed by atoms with Crippen LogP contribution in [0.3, 0.4) is 0 Å². The smallest absolute Gasteiger partial charge is 0.264 e. The minimum atomic E-state index is -4.16. The number of benzene rings is 2. The van der Waals surface area contributed by atoms with Gasteiger partial charge in [-0.25, -0.2) is 28.1 Å². The number of hydrogen-bond acceptors (Lipinski definition) is 9. The van der Waals surface area contributed by atoms with Gasteiger partial charge in [-0.05, 0) is 67.3 Å². The summed E-state index contributed by atoms with van der Waals surface area (Å²) < 4.78 is 36.2. The second-order valence-electron chi connectivity index (χ2n) is 14.1. The van der Waals surface area contributed by atoms with Gasteiger partial charge in [0.05, 0.1) is 41.3 Å². The van der Waals surface area contributed by atoms with Crippen molar-refractivity contribution in [3.8, 4) is 17.1 Å². The number of hydrogen-bond donors (Lipinski definition) is 1. The molecule has 12 heteroatoms. The minimum Gasteiger partial charge on any atom is -0.475 e. The molecule has 4 bridgehead atoms. The van der Waals surface area contributed by atoms with Crippen molar-refractivity contribution in [3.05, 3.63) is 83.4 Å². The van der Waals surface area contributed by atoms with Crippen molar-refractivity contribution >= 4 is 27.6 Å². The first-order chi connectivity index (χ1) is 22.8. The number of sulfonamides is 1. The second-order valence-corrected chi connectivity index (χ2v) is 15.7. The Bertz CT molecular complexity index is 1900. The molecule has 1 saturated heterocycles. The third kappa shape index (κ3) is 7.28. The Labute approximate surface area is 282 Å². The van der Waals surface area contributed by atoms with Crippen LogP contribution in [-0.2, 0) is 16.6 Å². The maximum atomic E-state index is 14.3. The van der Waals surface area contributed by atoms with E-state index in [1.165, 1.54) is 12.1 Å². The molecule has 1 fully saturated rings. The molecule has 0 radical (unpaired) electrons. The number of fused-ring (bicyclic) bond motifs is 4. The van der Waals surface area contributed by atoms with E-state index < -0.39 is 16.1 Å². The number of aryl methyl sites for hydroxylation is 2. The van der Waals surface area contributed by atoms with Gasteiger partial charge in [-0.2, -0.15) is 4.98 Å². The summed E-state index contributed by atoms with van der Waals surface area (Å²) in [5.41, 5.74) is 4.79. The zero-order valence-corrected chi connectivity index (χ0v) is 29.2. The Balaban J connectivity index is 1.41. The lowest BCUT2D eigenvalue weighted by Gasteiger charge is -2.47. The topological polar surface area (TPSA) is 131 Å². The van der Waals surface area contributed by atoms with Crippen LogP contribution >= 0.6 is 0 Å². The fourth-order valence-corrected chi connectivity index (χ4v) is 7.34. The van der Waals surface area contributed by atoms with Gasteiger partial charge in [-0.1, -0.05) is 52.0 Å². The van der Waals surface area contributed by atoms with Crippen molar-refractivity contribution in [2.75, 3.05) is 29.3 Å². The number of carbonyl (C=O) groups is 1. The van der Waals surface area contributed by atoms with Crippen molar-refractivity contribution < 1.29 is 17.9 Å². The molecule has 2 aromatic heterocycles. The van der Waals surface area contributed by atoms with Crippen LogP contribution in [0, 0.1) is 25.2 Å². The lowest BCUT2D eigenvalue weighted by Crippen LogP contribution is -2.53. The Morgan fingerprint density at radius 1 is 1.00 bits per heavy atom. The minimum absolute atomic E-state index is 0.0760. The molecule has 2 aliphatic heterocycles. The molecule has 1 N–H and O–H groups in total. The van der Waals surface area contributed by atoms with E-state index in [0.717, 1.165) is 41.9 Å². The van der Waals surface area contributed by atoms with Gasteiger partial charge in [0.2, 0.25) is 11.8 Å². The maximum Gasteiger partial charge on any atom is 0.264 e. The van der Waals surface area contributed by atoms with Crippen molar-refractivity contribution in [2.24, 2.45) is 11.3 Å². The van der Waals surface area contributed by atoms with E-state index in [-0.39, 0.29) is 46.8 Å². The molecule has 252 valence electrons. The van der Waals surface area contributed by atoms with Crippen LogP contribution < -0.4 is 14.4 Å². The van der Waals surface area contributed by atoms with Crippen LogP contribution in [0.15, 0.2) is 65.8 Å². The third-order valence-corrected chi connectivity index (χ3v) is 10.2. The molecule has 4 heterocycles. The number of anilines is 2. The van der Waals surface area contributed by atoms with Crippen molar-refractivity contribution in [2.45, 2.75) is 71.9 Å². The van der Waals surface area contributed by atoms with Gasteiger partial charge in [0.1, 0.15) is 12.4 Å². The summed E-state index contributed by atoms with van der Waals surface area (Å²) in [6, 6.07) is 13.3. The number of aromatic nitrogens is 4. The predicted molar refractivity (Wildman–Crippen MR) is 185 cm³/mol. The summed E-state index contributed by atoms with van der Waals surface area (Å²) in [5, 5.41) is 0. The maximum absolute atomic E-state index is 14.3. The number of carbonyl (C=O) groups excluding carboxylic acids is 1. The van der Waals surface area contributed by atoms with E-state index in [1.54, 1.807) is 35.5 Å².